The van der Waals surface area contributed by atoms with Crippen molar-refractivity contribution in [3.05, 3.63) is 20.1 Å². The van der Waals surface area contributed by atoms with Gasteiger partial charge in [0.2, 0.25) is 0 Å². The van der Waals surface area contributed by atoms with Crippen molar-refractivity contribution < 1.29 is 9.53 Å². The number of esters is 1. The zero-order valence-corrected chi connectivity index (χ0v) is 19.0. The Bertz CT molecular complexity index is 460. The number of allylic oxidation sites excluding steroid dienone is 4. The van der Waals surface area contributed by atoms with Crippen molar-refractivity contribution in [1.82, 2.24) is 0 Å². The fourth-order valence-corrected chi connectivity index (χ4v) is 3.59. The molecule has 0 unspecified atom stereocenters. The van der Waals surface area contributed by atoms with E-state index in [1.165, 1.54) is 38.5 Å². The first-order chi connectivity index (χ1) is 11.7. The van der Waals surface area contributed by atoms with E-state index in [-0.39, 0.29) is 26.1 Å². The Kier molecular flexibility index (Phi) is 14.2. The molecule has 0 spiro atoms. The van der Waals surface area contributed by atoms with E-state index in [9.17, 15) is 4.79 Å². The predicted octanol–water partition coefficient (Wildman–Crippen LogP) is 8.24. The van der Waals surface area contributed by atoms with Gasteiger partial charge in [0.15, 0.2) is 4.33 Å². The highest BCUT2D eigenvalue weighted by Gasteiger charge is 2.42. The van der Waals surface area contributed by atoms with Gasteiger partial charge in [0.1, 0.15) is 0 Å². The number of hydrogen-bond donors (Lipinski definition) is 0. The lowest BCUT2D eigenvalue weighted by Gasteiger charge is -2.11. The Morgan fingerprint density at radius 1 is 0.840 bits per heavy atom. The van der Waals surface area contributed by atoms with E-state index in [4.69, 9.17) is 74.3 Å². The third kappa shape index (κ3) is 9.44. The van der Waals surface area contributed by atoms with Gasteiger partial charge >= 0.3 is 5.97 Å². The van der Waals surface area contributed by atoms with Gasteiger partial charge < -0.3 is 4.74 Å². The summed E-state index contributed by atoms with van der Waals surface area (Å²) in [6.07, 6.45) is 9.32. The van der Waals surface area contributed by atoms with Gasteiger partial charge in [0.25, 0.3) is 0 Å². The van der Waals surface area contributed by atoms with E-state index in [2.05, 4.69) is 6.92 Å². The van der Waals surface area contributed by atoms with Crippen LogP contribution >= 0.6 is 69.6 Å². The largest absolute Gasteiger partial charge is 0.466 e. The van der Waals surface area contributed by atoms with Crippen molar-refractivity contribution in [2.75, 3.05) is 6.61 Å². The second-order valence-electron chi connectivity index (χ2n) is 5.51. The molecule has 0 amide bonds. The number of ether oxygens (including phenoxy) is 1. The van der Waals surface area contributed by atoms with Crippen LogP contribution in [0.15, 0.2) is 20.1 Å². The monoisotopic (exact) mass is 470 g/mol. The van der Waals surface area contributed by atoms with Crippen LogP contribution in [-0.2, 0) is 9.53 Å². The Morgan fingerprint density at radius 2 is 1.28 bits per heavy atom. The van der Waals surface area contributed by atoms with E-state index < -0.39 is 4.33 Å². The highest BCUT2D eigenvalue weighted by atomic mass is 35.5. The lowest BCUT2D eigenvalue weighted by atomic mass is 10.1. The molecule has 0 aliphatic heterocycles. The zero-order chi connectivity index (χ0) is 19.5. The summed E-state index contributed by atoms with van der Waals surface area (Å²) >= 11 is 33.8. The Hall–Kier alpha value is 0.690. The van der Waals surface area contributed by atoms with Crippen LogP contribution in [0.2, 0.25) is 0 Å². The quantitative estimate of drug-likeness (QED) is 0.192. The molecule has 0 aromatic carbocycles. The van der Waals surface area contributed by atoms with Crippen LogP contribution in [0, 0.1) is 0 Å². The van der Waals surface area contributed by atoms with Crippen LogP contribution < -0.4 is 0 Å². The summed E-state index contributed by atoms with van der Waals surface area (Å²) in [5.74, 6) is -0.0407. The molecule has 1 aliphatic rings. The smallest absolute Gasteiger partial charge is 0.305 e. The Balaban J connectivity index is 0.000000472. The maximum Gasteiger partial charge on any atom is 0.305 e. The summed E-state index contributed by atoms with van der Waals surface area (Å²) in [5.41, 5.74) is 0. The number of carbonyl (C=O) groups is 1. The topological polar surface area (TPSA) is 26.3 Å². The Labute approximate surface area is 180 Å². The van der Waals surface area contributed by atoms with Gasteiger partial charge in [-0.1, -0.05) is 115 Å². The standard InChI is InChI=1S/C12H24O2.C5Cl6/c1-3-5-6-7-8-9-10-11-12(13)14-4-2;6-1-2(7)4(9)5(10,11)3(1)8/h3-11H2,1-2H3;. The van der Waals surface area contributed by atoms with Crippen molar-refractivity contribution in [3.63, 3.8) is 0 Å². The second-order valence-corrected chi connectivity index (χ2v) is 8.35. The van der Waals surface area contributed by atoms with E-state index >= 15 is 0 Å². The first-order valence-corrected chi connectivity index (χ1v) is 10.6. The molecule has 0 saturated carbocycles. The lowest BCUT2D eigenvalue weighted by molar-refractivity contribution is -0.143. The number of hydrogen-bond acceptors (Lipinski definition) is 2. The first kappa shape index (κ1) is 25.7. The zero-order valence-electron chi connectivity index (χ0n) is 14.4. The van der Waals surface area contributed by atoms with Gasteiger partial charge in [-0.15, -0.1) is 0 Å². The van der Waals surface area contributed by atoms with Crippen LogP contribution in [0.5, 0.6) is 0 Å². The predicted molar refractivity (Wildman–Crippen MR) is 111 cm³/mol. The summed E-state index contributed by atoms with van der Waals surface area (Å²) in [6.45, 7) is 4.58. The maximum atomic E-state index is 11.0. The third-order valence-electron chi connectivity index (χ3n) is 3.42. The molecule has 1 rings (SSSR count). The number of carbonyl (C=O) groups excluding carboxylic acids is 1. The first-order valence-electron chi connectivity index (χ1n) is 8.35. The highest BCUT2D eigenvalue weighted by molar-refractivity contribution is 6.67. The number of rotatable bonds is 9. The maximum absolute atomic E-state index is 11.0. The average molecular weight is 473 g/mol. The molecular weight excluding hydrogens is 449 g/mol. The van der Waals surface area contributed by atoms with Gasteiger partial charge in [0, 0.05) is 6.42 Å². The molecule has 0 fully saturated rings. The van der Waals surface area contributed by atoms with Crippen LogP contribution in [-0.4, -0.2) is 16.9 Å². The normalized spacial score (nSPS) is 16.0. The average Bonchev–Trinajstić information content (AvgIpc) is 2.70. The van der Waals surface area contributed by atoms with E-state index in [1.807, 2.05) is 6.92 Å². The van der Waals surface area contributed by atoms with E-state index in [0.29, 0.717) is 13.0 Å². The van der Waals surface area contributed by atoms with Gasteiger partial charge in [-0.25, -0.2) is 0 Å². The van der Waals surface area contributed by atoms with E-state index in [0.717, 1.165) is 6.42 Å². The molecular formula is C17H24Cl6O2. The minimum atomic E-state index is -1.47. The molecule has 8 heteroatoms. The summed E-state index contributed by atoms with van der Waals surface area (Å²) in [5, 5.41) is 0.279. The van der Waals surface area contributed by atoms with Crippen LogP contribution in [0.4, 0.5) is 0 Å². The minimum Gasteiger partial charge on any atom is -0.466 e. The van der Waals surface area contributed by atoms with Gasteiger partial charge in [0.05, 0.1) is 26.7 Å². The molecule has 0 atom stereocenters. The molecule has 2 nitrogen and oxygen atoms in total. The summed E-state index contributed by atoms with van der Waals surface area (Å²) in [6, 6.07) is 0. The number of alkyl halides is 2. The molecule has 0 aromatic rings. The second kappa shape index (κ2) is 13.8. The molecule has 0 N–H and O–H groups in total. The van der Waals surface area contributed by atoms with Crippen molar-refractivity contribution >= 4 is 75.6 Å². The molecule has 0 saturated heterocycles. The van der Waals surface area contributed by atoms with Crippen LogP contribution in [0.1, 0.15) is 65.2 Å². The Morgan fingerprint density at radius 3 is 1.64 bits per heavy atom. The van der Waals surface area contributed by atoms with Gasteiger partial charge in [-0.2, -0.15) is 0 Å². The number of unbranched alkanes of at least 4 members (excludes halogenated alkanes) is 6. The fraction of sp³-hybridized carbons (Fsp3) is 0.706. The van der Waals surface area contributed by atoms with Crippen LogP contribution in [0.25, 0.3) is 0 Å². The molecule has 25 heavy (non-hydrogen) atoms. The van der Waals surface area contributed by atoms with E-state index in [1.54, 1.807) is 0 Å². The lowest BCUT2D eigenvalue weighted by Crippen LogP contribution is -2.09. The highest BCUT2D eigenvalue weighted by Crippen LogP contribution is 2.53. The molecule has 0 bridgehead atoms. The van der Waals surface area contributed by atoms with Crippen molar-refractivity contribution in [1.29, 1.82) is 0 Å². The molecule has 0 aromatic heterocycles. The van der Waals surface area contributed by atoms with Crippen molar-refractivity contribution in [2.24, 2.45) is 0 Å². The minimum absolute atomic E-state index is 0.0394. The third-order valence-corrected chi connectivity index (χ3v) is 6.55. The SMILES string of the molecule is CCCCCCCCCC(=O)OCC.ClC1=C(Cl)C(Cl)(Cl)C(Cl)=C1Cl. The summed E-state index contributed by atoms with van der Waals surface area (Å²) < 4.78 is 3.37. The molecule has 0 radical (unpaired) electrons. The molecule has 0 heterocycles. The number of halogens is 6. The van der Waals surface area contributed by atoms with Crippen molar-refractivity contribution in [2.45, 2.75) is 69.5 Å². The fourth-order valence-electron chi connectivity index (χ4n) is 2.02. The summed E-state index contributed by atoms with van der Waals surface area (Å²) in [7, 11) is 0. The molecule has 146 valence electrons. The van der Waals surface area contributed by atoms with Gasteiger partial charge in [-0.3, -0.25) is 4.79 Å². The summed E-state index contributed by atoms with van der Waals surface area (Å²) in [4.78, 5) is 11.0. The molecule has 1 aliphatic carbocycles. The van der Waals surface area contributed by atoms with Crippen molar-refractivity contribution in [3.8, 4) is 0 Å². The van der Waals surface area contributed by atoms with Gasteiger partial charge in [-0.05, 0) is 13.3 Å². The van der Waals surface area contributed by atoms with Crippen LogP contribution in [0.3, 0.4) is 0 Å².